The Balaban J connectivity index is 2.72. The molecule has 1 heterocycles. The van der Waals surface area contributed by atoms with E-state index in [0.717, 1.165) is 0 Å². The minimum absolute atomic E-state index is 0.136. The lowest BCUT2D eigenvalue weighted by atomic mass is 9.78. The molecular formula is C13H23NO5. The van der Waals surface area contributed by atoms with Gasteiger partial charge in [-0.05, 0) is 33.6 Å². The van der Waals surface area contributed by atoms with Crippen molar-refractivity contribution < 1.29 is 24.5 Å². The first-order valence-corrected chi connectivity index (χ1v) is 6.48. The topological polar surface area (TPSA) is 87.1 Å². The van der Waals surface area contributed by atoms with Gasteiger partial charge in [-0.25, -0.2) is 4.79 Å². The lowest BCUT2D eigenvalue weighted by molar-refractivity contribution is -0.142. The van der Waals surface area contributed by atoms with Crippen LogP contribution < -0.4 is 0 Å². The summed E-state index contributed by atoms with van der Waals surface area (Å²) in [5.74, 6) is -0.958. The molecule has 0 saturated carbocycles. The van der Waals surface area contributed by atoms with Crippen molar-refractivity contribution in [3.05, 3.63) is 0 Å². The van der Waals surface area contributed by atoms with Crippen molar-refractivity contribution >= 4 is 12.1 Å². The van der Waals surface area contributed by atoms with Gasteiger partial charge in [0.25, 0.3) is 0 Å². The normalized spacial score (nSPS) is 24.1. The molecule has 19 heavy (non-hydrogen) atoms. The van der Waals surface area contributed by atoms with Crippen LogP contribution in [0.4, 0.5) is 4.79 Å². The number of hydrogen-bond donors (Lipinski definition) is 2. The highest BCUT2D eigenvalue weighted by Crippen LogP contribution is 2.33. The van der Waals surface area contributed by atoms with Crippen molar-refractivity contribution in [2.75, 3.05) is 19.7 Å². The third-order valence-electron chi connectivity index (χ3n) is 3.17. The SMILES string of the molecule is CC(C)(C)OC(=O)N1CCCC(CO)(CC(=O)O)C1. The Labute approximate surface area is 113 Å². The van der Waals surface area contributed by atoms with Crippen LogP contribution >= 0.6 is 0 Å². The number of hydrogen-bond acceptors (Lipinski definition) is 4. The van der Waals surface area contributed by atoms with Crippen LogP contribution in [0.1, 0.15) is 40.0 Å². The molecule has 1 aliphatic heterocycles. The zero-order chi connectivity index (χ0) is 14.7. The first-order valence-electron chi connectivity index (χ1n) is 6.48. The molecular weight excluding hydrogens is 250 g/mol. The predicted molar refractivity (Wildman–Crippen MR) is 68.8 cm³/mol. The molecule has 0 aromatic carbocycles. The average Bonchev–Trinajstić information content (AvgIpc) is 2.26. The van der Waals surface area contributed by atoms with Gasteiger partial charge in [0, 0.05) is 18.5 Å². The second kappa shape index (κ2) is 5.77. The molecule has 1 rings (SSSR count). The maximum Gasteiger partial charge on any atom is 0.410 e. The van der Waals surface area contributed by atoms with E-state index in [-0.39, 0.29) is 19.6 Å². The zero-order valence-corrected chi connectivity index (χ0v) is 11.8. The number of aliphatic carboxylic acids is 1. The number of nitrogens with zero attached hydrogens (tertiary/aromatic N) is 1. The molecule has 6 heteroatoms. The van der Waals surface area contributed by atoms with Crippen LogP contribution in [0.3, 0.4) is 0 Å². The Bertz CT molecular complexity index is 349. The lowest BCUT2D eigenvalue weighted by Crippen LogP contribution is -2.50. The van der Waals surface area contributed by atoms with E-state index in [1.54, 1.807) is 20.8 Å². The Hall–Kier alpha value is -1.30. The Morgan fingerprint density at radius 2 is 2.00 bits per heavy atom. The first kappa shape index (κ1) is 15.8. The van der Waals surface area contributed by atoms with Gasteiger partial charge in [0.2, 0.25) is 0 Å². The van der Waals surface area contributed by atoms with Crippen molar-refractivity contribution in [2.45, 2.75) is 45.6 Å². The monoisotopic (exact) mass is 273 g/mol. The van der Waals surface area contributed by atoms with Gasteiger partial charge in [0.05, 0.1) is 13.0 Å². The maximum atomic E-state index is 12.0. The van der Waals surface area contributed by atoms with Gasteiger partial charge in [-0.15, -0.1) is 0 Å². The van der Waals surface area contributed by atoms with Gasteiger partial charge in [0.15, 0.2) is 0 Å². The van der Waals surface area contributed by atoms with Gasteiger partial charge in [-0.3, -0.25) is 4.79 Å². The molecule has 0 bridgehead atoms. The fraction of sp³-hybridized carbons (Fsp3) is 0.846. The highest BCUT2D eigenvalue weighted by Gasteiger charge is 2.39. The number of carbonyl (C=O) groups excluding carboxylic acids is 1. The number of rotatable bonds is 3. The second-order valence-corrected chi connectivity index (χ2v) is 6.23. The summed E-state index contributed by atoms with van der Waals surface area (Å²) < 4.78 is 5.28. The lowest BCUT2D eigenvalue weighted by Gasteiger charge is -2.41. The molecule has 1 saturated heterocycles. The standard InChI is InChI=1S/C13H23NO5/c1-12(2,3)19-11(18)14-6-4-5-13(8-14,9-15)7-10(16)17/h15H,4-9H2,1-3H3,(H,16,17). The fourth-order valence-electron chi connectivity index (χ4n) is 2.34. The van der Waals surface area contributed by atoms with Gasteiger partial charge < -0.3 is 19.8 Å². The summed E-state index contributed by atoms with van der Waals surface area (Å²) in [7, 11) is 0. The third-order valence-corrected chi connectivity index (χ3v) is 3.17. The van der Waals surface area contributed by atoms with E-state index >= 15 is 0 Å². The van der Waals surface area contributed by atoms with Crippen molar-refractivity contribution in [2.24, 2.45) is 5.41 Å². The smallest absolute Gasteiger partial charge is 0.410 e. The van der Waals surface area contributed by atoms with Gasteiger partial charge in [-0.2, -0.15) is 0 Å². The molecule has 1 amide bonds. The average molecular weight is 273 g/mol. The molecule has 0 radical (unpaired) electrons. The molecule has 1 fully saturated rings. The van der Waals surface area contributed by atoms with Crippen LogP contribution in [0.5, 0.6) is 0 Å². The third kappa shape index (κ3) is 4.70. The minimum Gasteiger partial charge on any atom is -0.481 e. The number of carboxylic acids is 1. The maximum absolute atomic E-state index is 12.0. The van der Waals surface area contributed by atoms with Crippen LogP contribution in [0, 0.1) is 5.41 Å². The van der Waals surface area contributed by atoms with E-state index in [1.165, 1.54) is 4.90 Å². The van der Waals surface area contributed by atoms with Crippen LogP contribution in [0.2, 0.25) is 0 Å². The van der Waals surface area contributed by atoms with E-state index in [9.17, 15) is 14.7 Å². The first-order chi connectivity index (χ1) is 8.67. The highest BCUT2D eigenvalue weighted by atomic mass is 16.6. The fourth-order valence-corrected chi connectivity index (χ4v) is 2.34. The van der Waals surface area contributed by atoms with Crippen molar-refractivity contribution in [3.8, 4) is 0 Å². The Morgan fingerprint density at radius 3 is 2.47 bits per heavy atom. The minimum atomic E-state index is -0.958. The van der Waals surface area contributed by atoms with E-state index in [2.05, 4.69) is 0 Å². The summed E-state index contributed by atoms with van der Waals surface area (Å²) in [6.45, 7) is 5.88. The van der Waals surface area contributed by atoms with E-state index < -0.39 is 23.1 Å². The molecule has 2 N–H and O–H groups in total. The van der Waals surface area contributed by atoms with E-state index in [4.69, 9.17) is 9.84 Å². The summed E-state index contributed by atoms with van der Waals surface area (Å²) in [5, 5.41) is 18.4. The van der Waals surface area contributed by atoms with Crippen molar-refractivity contribution in [3.63, 3.8) is 0 Å². The molecule has 0 aromatic rings. The number of carbonyl (C=O) groups is 2. The van der Waals surface area contributed by atoms with Crippen LogP contribution in [-0.2, 0) is 9.53 Å². The number of aliphatic hydroxyl groups excluding tert-OH is 1. The molecule has 0 aliphatic carbocycles. The Kier molecular flexibility index (Phi) is 4.79. The largest absolute Gasteiger partial charge is 0.481 e. The highest BCUT2D eigenvalue weighted by molar-refractivity contribution is 5.70. The van der Waals surface area contributed by atoms with E-state index in [1.807, 2.05) is 0 Å². The number of likely N-dealkylation sites (tertiary alicyclic amines) is 1. The summed E-state index contributed by atoms with van der Waals surface area (Å²) in [6.07, 6.45) is 0.695. The number of aliphatic hydroxyl groups is 1. The molecule has 110 valence electrons. The number of ether oxygens (including phenoxy) is 1. The molecule has 1 unspecified atom stereocenters. The number of carboxylic acid groups (broad SMARTS) is 1. The Morgan fingerprint density at radius 1 is 1.37 bits per heavy atom. The van der Waals surface area contributed by atoms with Crippen LogP contribution in [-0.4, -0.2) is 52.5 Å². The van der Waals surface area contributed by atoms with Crippen molar-refractivity contribution in [1.29, 1.82) is 0 Å². The molecule has 0 aromatic heterocycles. The predicted octanol–water partition coefficient (Wildman–Crippen LogP) is 1.47. The molecule has 1 atom stereocenters. The van der Waals surface area contributed by atoms with Crippen LogP contribution in [0.15, 0.2) is 0 Å². The summed E-state index contributed by atoms with van der Waals surface area (Å²) in [4.78, 5) is 24.4. The van der Waals surface area contributed by atoms with Crippen LogP contribution in [0.25, 0.3) is 0 Å². The van der Waals surface area contributed by atoms with Gasteiger partial charge in [0.1, 0.15) is 5.60 Å². The van der Waals surface area contributed by atoms with Crippen molar-refractivity contribution in [1.82, 2.24) is 4.90 Å². The quantitative estimate of drug-likeness (QED) is 0.813. The van der Waals surface area contributed by atoms with Gasteiger partial charge in [-0.1, -0.05) is 0 Å². The second-order valence-electron chi connectivity index (χ2n) is 6.23. The summed E-state index contributed by atoms with van der Waals surface area (Å²) >= 11 is 0. The zero-order valence-electron chi connectivity index (χ0n) is 11.8. The summed E-state index contributed by atoms with van der Waals surface area (Å²) in [6, 6.07) is 0. The number of piperidine rings is 1. The molecule has 6 nitrogen and oxygen atoms in total. The molecule has 1 aliphatic rings. The molecule has 0 spiro atoms. The summed E-state index contributed by atoms with van der Waals surface area (Å²) in [5.41, 5.74) is -1.33. The number of amides is 1. The van der Waals surface area contributed by atoms with E-state index in [0.29, 0.717) is 19.4 Å². The van der Waals surface area contributed by atoms with Gasteiger partial charge >= 0.3 is 12.1 Å².